The molecule has 5 nitrogen and oxygen atoms in total. The van der Waals surface area contributed by atoms with E-state index in [0.29, 0.717) is 10.6 Å². The molecule has 2 N–H and O–H groups in total. The predicted octanol–water partition coefficient (Wildman–Crippen LogP) is 1.76. The number of ether oxygens (including phenoxy) is 1. The highest BCUT2D eigenvalue weighted by Gasteiger charge is 2.27. The molecule has 9 heteroatoms. The van der Waals surface area contributed by atoms with Crippen molar-refractivity contribution in [2.45, 2.75) is 6.18 Å². The molecule has 0 spiro atoms. The van der Waals surface area contributed by atoms with Crippen LogP contribution in [0.1, 0.15) is 10.4 Å². The number of carbonyl (C=O) groups excluding carboxylic acids is 2. The Kier molecular flexibility index (Phi) is 7.13. The zero-order valence-corrected chi connectivity index (χ0v) is 12.1. The lowest BCUT2D eigenvalue weighted by Crippen LogP contribution is -2.38. The molecule has 1 aromatic rings. The Morgan fingerprint density at radius 3 is 2.59 bits per heavy atom. The van der Waals surface area contributed by atoms with E-state index in [4.69, 9.17) is 11.6 Å². The SMILES string of the molecule is O=C(CNC(=O)c1cccc(Cl)c1)NCCOCC(F)(F)F. The first-order chi connectivity index (χ1) is 10.3. The Morgan fingerprint density at radius 1 is 1.23 bits per heavy atom. The van der Waals surface area contributed by atoms with Crippen molar-refractivity contribution in [2.75, 3.05) is 26.3 Å². The third-order valence-electron chi connectivity index (χ3n) is 2.33. The van der Waals surface area contributed by atoms with Crippen LogP contribution in [0.3, 0.4) is 0 Å². The molecule has 0 aliphatic carbocycles. The van der Waals surface area contributed by atoms with Crippen molar-refractivity contribution in [1.29, 1.82) is 0 Å². The fourth-order valence-corrected chi connectivity index (χ4v) is 1.60. The molecule has 1 aromatic carbocycles. The maximum atomic E-state index is 11.8. The number of rotatable bonds is 7. The fourth-order valence-electron chi connectivity index (χ4n) is 1.41. The Hall–Kier alpha value is -1.80. The lowest BCUT2D eigenvalue weighted by Gasteiger charge is -2.09. The molecular formula is C13H14ClF3N2O3. The summed E-state index contributed by atoms with van der Waals surface area (Å²) in [7, 11) is 0. The summed E-state index contributed by atoms with van der Waals surface area (Å²) < 4.78 is 39.6. The van der Waals surface area contributed by atoms with Gasteiger partial charge in [0.05, 0.1) is 13.2 Å². The van der Waals surface area contributed by atoms with E-state index in [0.717, 1.165) is 0 Å². The van der Waals surface area contributed by atoms with Gasteiger partial charge in [0, 0.05) is 17.1 Å². The number of alkyl halides is 3. The molecule has 0 fully saturated rings. The predicted molar refractivity (Wildman–Crippen MR) is 73.7 cm³/mol. The normalized spacial score (nSPS) is 11.1. The summed E-state index contributed by atoms with van der Waals surface area (Å²) in [5.41, 5.74) is 0.300. The molecule has 0 aromatic heterocycles. The van der Waals surface area contributed by atoms with Crippen molar-refractivity contribution in [3.8, 4) is 0 Å². The second-order valence-corrected chi connectivity index (χ2v) is 4.65. The van der Waals surface area contributed by atoms with E-state index in [2.05, 4.69) is 15.4 Å². The molecule has 1 rings (SSSR count). The van der Waals surface area contributed by atoms with Crippen LogP contribution in [-0.4, -0.2) is 44.3 Å². The first kappa shape index (κ1) is 18.2. The van der Waals surface area contributed by atoms with Crippen LogP contribution in [0.25, 0.3) is 0 Å². The monoisotopic (exact) mass is 338 g/mol. The van der Waals surface area contributed by atoms with Gasteiger partial charge < -0.3 is 15.4 Å². The fraction of sp³-hybridized carbons (Fsp3) is 0.385. The minimum absolute atomic E-state index is 0.0814. The lowest BCUT2D eigenvalue weighted by molar-refractivity contribution is -0.173. The molecule has 0 unspecified atom stereocenters. The van der Waals surface area contributed by atoms with Gasteiger partial charge in [-0.2, -0.15) is 13.2 Å². The quantitative estimate of drug-likeness (QED) is 0.745. The largest absolute Gasteiger partial charge is 0.411 e. The zero-order chi connectivity index (χ0) is 16.6. The number of amides is 2. The van der Waals surface area contributed by atoms with Crippen molar-refractivity contribution in [1.82, 2.24) is 10.6 Å². The molecule has 0 aliphatic rings. The average molecular weight is 339 g/mol. The highest BCUT2D eigenvalue weighted by atomic mass is 35.5. The molecule has 0 heterocycles. The summed E-state index contributed by atoms with van der Waals surface area (Å²) >= 11 is 5.73. The second-order valence-electron chi connectivity index (χ2n) is 4.21. The number of halogens is 4. The first-order valence-electron chi connectivity index (χ1n) is 6.23. The van der Waals surface area contributed by atoms with E-state index >= 15 is 0 Å². The molecule has 0 radical (unpaired) electrons. The van der Waals surface area contributed by atoms with Crippen LogP contribution in [0.2, 0.25) is 5.02 Å². The molecule has 0 saturated carbocycles. The number of carbonyl (C=O) groups is 2. The van der Waals surface area contributed by atoms with E-state index in [1.807, 2.05) is 0 Å². The van der Waals surface area contributed by atoms with Gasteiger partial charge in [-0.05, 0) is 18.2 Å². The summed E-state index contributed by atoms with van der Waals surface area (Å²) in [6.07, 6.45) is -4.39. The second kappa shape index (κ2) is 8.60. The Balaban J connectivity index is 2.19. The van der Waals surface area contributed by atoms with Crippen LogP contribution in [-0.2, 0) is 9.53 Å². The average Bonchev–Trinajstić information content (AvgIpc) is 2.43. The van der Waals surface area contributed by atoms with Gasteiger partial charge in [0.1, 0.15) is 6.61 Å². The van der Waals surface area contributed by atoms with E-state index in [1.165, 1.54) is 12.1 Å². The summed E-state index contributed by atoms with van der Waals surface area (Å²) in [5.74, 6) is -1.02. The highest BCUT2D eigenvalue weighted by Crippen LogP contribution is 2.14. The number of benzene rings is 1. The van der Waals surface area contributed by atoms with Gasteiger partial charge in [0.2, 0.25) is 5.91 Å². The van der Waals surface area contributed by atoms with Gasteiger partial charge in [-0.3, -0.25) is 9.59 Å². The number of hydrogen-bond donors (Lipinski definition) is 2. The number of nitrogens with one attached hydrogen (secondary N) is 2. The van der Waals surface area contributed by atoms with Gasteiger partial charge in [-0.1, -0.05) is 17.7 Å². The molecule has 0 aliphatic heterocycles. The van der Waals surface area contributed by atoms with Crippen LogP contribution in [0.5, 0.6) is 0 Å². The minimum atomic E-state index is -4.39. The molecule has 22 heavy (non-hydrogen) atoms. The molecule has 0 saturated heterocycles. The van der Waals surface area contributed by atoms with Gasteiger partial charge in [-0.25, -0.2) is 0 Å². The zero-order valence-electron chi connectivity index (χ0n) is 11.4. The third kappa shape index (κ3) is 7.84. The molecule has 2 amide bonds. The van der Waals surface area contributed by atoms with E-state index in [9.17, 15) is 22.8 Å². The lowest BCUT2D eigenvalue weighted by atomic mass is 10.2. The maximum absolute atomic E-state index is 11.8. The smallest absolute Gasteiger partial charge is 0.370 e. The first-order valence-corrected chi connectivity index (χ1v) is 6.61. The molecule has 122 valence electrons. The summed E-state index contributed by atoms with van der Waals surface area (Å²) in [6.45, 7) is -2.02. The summed E-state index contributed by atoms with van der Waals surface area (Å²) in [5, 5.41) is 5.06. The third-order valence-corrected chi connectivity index (χ3v) is 2.57. The highest BCUT2D eigenvalue weighted by molar-refractivity contribution is 6.30. The number of hydrogen-bond acceptors (Lipinski definition) is 3. The van der Waals surface area contributed by atoms with Crippen LogP contribution < -0.4 is 10.6 Å². The Labute approximate surface area is 129 Å². The summed E-state index contributed by atoms with van der Waals surface area (Å²) in [6, 6.07) is 6.17. The van der Waals surface area contributed by atoms with Crippen LogP contribution in [0.4, 0.5) is 13.2 Å². The van der Waals surface area contributed by atoms with Crippen LogP contribution in [0.15, 0.2) is 24.3 Å². The summed E-state index contributed by atoms with van der Waals surface area (Å²) in [4.78, 5) is 23.1. The topological polar surface area (TPSA) is 67.4 Å². The van der Waals surface area contributed by atoms with Crippen molar-refractivity contribution < 1.29 is 27.5 Å². The van der Waals surface area contributed by atoms with Gasteiger partial charge in [0.15, 0.2) is 0 Å². The van der Waals surface area contributed by atoms with Crippen molar-refractivity contribution in [2.24, 2.45) is 0 Å². The van der Waals surface area contributed by atoms with Gasteiger partial charge >= 0.3 is 6.18 Å². The maximum Gasteiger partial charge on any atom is 0.411 e. The van der Waals surface area contributed by atoms with Gasteiger partial charge in [0.25, 0.3) is 5.91 Å². The Bertz CT molecular complexity index is 523. The van der Waals surface area contributed by atoms with E-state index in [1.54, 1.807) is 12.1 Å². The van der Waals surface area contributed by atoms with Crippen molar-refractivity contribution >= 4 is 23.4 Å². The van der Waals surface area contributed by atoms with Crippen LogP contribution in [0, 0.1) is 0 Å². The molecule has 0 atom stereocenters. The Morgan fingerprint density at radius 2 is 1.95 bits per heavy atom. The van der Waals surface area contributed by atoms with Crippen molar-refractivity contribution in [3.05, 3.63) is 34.9 Å². The molecule has 0 bridgehead atoms. The van der Waals surface area contributed by atoms with Crippen molar-refractivity contribution in [3.63, 3.8) is 0 Å². The van der Waals surface area contributed by atoms with E-state index in [-0.39, 0.29) is 19.7 Å². The van der Waals surface area contributed by atoms with Gasteiger partial charge in [-0.15, -0.1) is 0 Å². The standard InChI is InChI=1S/C13H14ClF3N2O3/c14-10-3-1-2-9(6-10)12(21)19-7-11(20)18-4-5-22-8-13(15,16)17/h1-3,6H,4-5,7-8H2,(H,18,20)(H,19,21). The minimum Gasteiger partial charge on any atom is -0.370 e. The van der Waals surface area contributed by atoms with Crippen LogP contribution >= 0.6 is 11.6 Å². The molecular weight excluding hydrogens is 325 g/mol. The van der Waals surface area contributed by atoms with E-state index < -0.39 is 24.6 Å².